The minimum Gasteiger partial charge on any atom is -0.493 e. The van der Waals surface area contributed by atoms with E-state index in [-0.39, 0.29) is 5.41 Å². The van der Waals surface area contributed by atoms with Gasteiger partial charge in [-0.3, -0.25) is 0 Å². The van der Waals surface area contributed by atoms with E-state index in [1.54, 1.807) is 0 Å². The van der Waals surface area contributed by atoms with Crippen LogP contribution in [0.3, 0.4) is 0 Å². The Kier molecular flexibility index (Phi) is 5.19. The smallest absolute Gasteiger partial charge is 0.407 e. The van der Waals surface area contributed by atoms with Crippen molar-refractivity contribution in [3.8, 4) is 5.75 Å². The number of carbonyl (C=O) groups is 1. The highest BCUT2D eigenvalue weighted by Crippen LogP contribution is 2.29. The lowest BCUT2D eigenvalue weighted by molar-refractivity contribution is 0.0504. The van der Waals surface area contributed by atoms with Crippen molar-refractivity contribution in [3.63, 3.8) is 0 Å². The molecule has 1 aliphatic heterocycles. The van der Waals surface area contributed by atoms with Gasteiger partial charge in [0.1, 0.15) is 11.4 Å². The molecular weight excluding hydrogens is 292 g/mol. The number of carbonyl (C=O) groups excluding carboxylic acids is 1. The predicted molar refractivity (Wildman–Crippen MR) is 90.7 cm³/mol. The molecule has 3 N–H and O–H groups in total. The molecule has 23 heavy (non-hydrogen) atoms. The van der Waals surface area contributed by atoms with Gasteiger partial charge in [0.15, 0.2) is 0 Å². The van der Waals surface area contributed by atoms with Crippen molar-refractivity contribution in [2.24, 2.45) is 11.1 Å². The van der Waals surface area contributed by atoms with E-state index >= 15 is 0 Å². The molecule has 1 heterocycles. The third-order valence-corrected chi connectivity index (χ3v) is 3.94. The molecule has 0 saturated carbocycles. The molecule has 0 bridgehead atoms. The molecule has 1 atom stereocenters. The highest BCUT2D eigenvalue weighted by Gasteiger charge is 2.26. The first-order valence-electron chi connectivity index (χ1n) is 8.12. The second kappa shape index (κ2) is 6.79. The van der Waals surface area contributed by atoms with Gasteiger partial charge >= 0.3 is 6.09 Å². The van der Waals surface area contributed by atoms with Crippen LogP contribution in [0.5, 0.6) is 5.75 Å². The monoisotopic (exact) mass is 320 g/mol. The maximum absolute atomic E-state index is 11.8. The quantitative estimate of drug-likeness (QED) is 0.875. The lowest BCUT2D eigenvalue weighted by Crippen LogP contribution is -2.43. The molecule has 1 aliphatic rings. The number of fused-ring (bicyclic) bond motifs is 1. The van der Waals surface area contributed by atoms with Crippen LogP contribution in [0.2, 0.25) is 0 Å². The van der Waals surface area contributed by atoms with Gasteiger partial charge < -0.3 is 20.5 Å². The number of hydrogen-bond acceptors (Lipinski definition) is 4. The van der Waals surface area contributed by atoms with Crippen LogP contribution in [0.15, 0.2) is 18.2 Å². The van der Waals surface area contributed by atoms with Gasteiger partial charge in [0.25, 0.3) is 0 Å². The molecule has 0 saturated heterocycles. The maximum Gasteiger partial charge on any atom is 0.407 e. The number of nitrogens with two attached hydrogens (primary N) is 1. The number of benzene rings is 1. The van der Waals surface area contributed by atoms with Gasteiger partial charge in [0, 0.05) is 18.4 Å². The highest BCUT2D eigenvalue weighted by atomic mass is 16.6. The first-order chi connectivity index (χ1) is 10.7. The molecule has 0 aliphatic carbocycles. The number of ether oxygens (including phenoxy) is 2. The summed E-state index contributed by atoms with van der Waals surface area (Å²) in [7, 11) is 0. The van der Waals surface area contributed by atoms with Crippen LogP contribution in [0, 0.1) is 5.41 Å². The Morgan fingerprint density at radius 3 is 2.74 bits per heavy atom. The molecule has 1 aromatic rings. The van der Waals surface area contributed by atoms with Crippen molar-refractivity contribution >= 4 is 6.09 Å². The number of amides is 1. The zero-order valence-electron chi connectivity index (χ0n) is 14.6. The van der Waals surface area contributed by atoms with Gasteiger partial charge in [-0.25, -0.2) is 4.79 Å². The minimum atomic E-state index is -0.497. The molecule has 128 valence electrons. The average Bonchev–Trinajstić information content (AvgIpc) is 2.91. The Balaban J connectivity index is 1.96. The molecule has 1 amide bonds. The Morgan fingerprint density at radius 1 is 1.35 bits per heavy atom. The Hall–Kier alpha value is -1.75. The first kappa shape index (κ1) is 17.6. The van der Waals surface area contributed by atoms with E-state index in [0.29, 0.717) is 13.1 Å². The summed E-state index contributed by atoms with van der Waals surface area (Å²) in [6, 6.07) is 6.28. The largest absolute Gasteiger partial charge is 0.493 e. The van der Waals surface area contributed by atoms with Crippen LogP contribution < -0.4 is 15.8 Å². The normalized spacial score (nSPS) is 16.2. The maximum atomic E-state index is 11.8. The lowest BCUT2D eigenvalue weighted by atomic mass is 9.83. The van der Waals surface area contributed by atoms with Gasteiger partial charge in [0.05, 0.1) is 6.61 Å². The zero-order valence-corrected chi connectivity index (χ0v) is 14.6. The van der Waals surface area contributed by atoms with Crippen LogP contribution in [0.4, 0.5) is 4.79 Å². The van der Waals surface area contributed by atoms with Crippen LogP contribution in [0.25, 0.3) is 0 Å². The van der Waals surface area contributed by atoms with Crippen molar-refractivity contribution < 1.29 is 14.3 Å². The summed E-state index contributed by atoms with van der Waals surface area (Å²) in [4.78, 5) is 11.8. The molecule has 1 aromatic carbocycles. The molecule has 1 unspecified atom stereocenters. The van der Waals surface area contributed by atoms with Crippen LogP contribution in [-0.2, 0) is 17.6 Å². The molecule has 5 nitrogen and oxygen atoms in total. The van der Waals surface area contributed by atoms with Crippen molar-refractivity contribution in [3.05, 3.63) is 29.3 Å². The average molecular weight is 320 g/mol. The molecule has 0 spiro atoms. The molecule has 0 aromatic heterocycles. The topological polar surface area (TPSA) is 73.6 Å². The fraction of sp³-hybridized carbons (Fsp3) is 0.611. The first-order valence-corrected chi connectivity index (χ1v) is 8.12. The van der Waals surface area contributed by atoms with Crippen LogP contribution >= 0.6 is 0 Å². The van der Waals surface area contributed by atoms with E-state index in [2.05, 4.69) is 24.4 Å². The SMILES string of the molecule is CC(CN)(CNC(=O)OC(C)(C)C)Cc1ccc2c(c1)CCO2. The summed E-state index contributed by atoms with van der Waals surface area (Å²) in [6.07, 6.45) is 1.35. The second-order valence-electron chi connectivity index (χ2n) is 7.59. The van der Waals surface area contributed by atoms with E-state index in [9.17, 15) is 4.79 Å². The molecule has 2 rings (SSSR count). The summed E-state index contributed by atoms with van der Waals surface area (Å²) in [5.74, 6) is 0.982. The van der Waals surface area contributed by atoms with Crippen LogP contribution in [0.1, 0.15) is 38.8 Å². The van der Waals surface area contributed by atoms with Gasteiger partial charge in [0.2, 0.25) is 0 Å². The van der Waals surface area contributed by atoms with E-state index in [1.165, 1.54) is 11.1 Å². The Bertz CT molecular complexity index is 566. The van der Waals surface area contributed by atoms with Crippen molar-refractivity contribution in [1.29, 1.82) is 0 Å². The molecule has 0 fully saturated rings. The van der Waals surface area contributed by atoms with Gasteiger partial charge in [-0.2, -0.15) is 0 Å². The van der Waals surface area contributed by atoms with E-state index < -0.39 is 11.7 Å². The van der Waals surface area contributed by atoms with Gasteiger partial charge in [-0.05, 0) is 50.9 Å². The molecular formula is C18H28N2O3. The number of hydrogen-bond donors (Lipinski definition) is 2. The number of nitrogens with one attached hydrogen (secondary N) is 1. The standard InChI is InChI=1S/C18H28N2O3/c1-17(2,3)23-16(21)20-12-18(4,11-19)10-13-5-6-15-14(9-13)7-8-22-15/h5-6,9H,7-8,10-12,19H2,1-4H3,(H,20,21). The van der Waals surface area contributed by atoms with E-state index in [0.717, 1.165) is 25.2 Å². The Morgan fingerprint density at radius 2 is 2.09 bits per heavy atom. The van der Waals surface area contributed by atoms with Crippen LogP contribution in [-0.4, -0.2) is 31.4 Å². The second-order valence-corrected chi connectivity index (χ2v) is 7.59. The number of rotatable bonds is 5. The van der Waals surface area contributed by atoms with E-state index in [4.69, 9.17) is 15.2 Å². The van der Waals surface area contributed by atoms with Crippen molar-refractivity contribution in [1.82, 2.24) is 5.32 Å². The fourth-order valence-electron chi connectivity index (χ4n) is 2.65. The highest BCUT2D eigenvalue weighted by molar-refractivity contribution is 5.67. The summed E-state index contributed by atoms with van der Waals surface area (Å²) in [5.41, 5.74) is 7.72. The van der Waals surface area contributed by atoms with Gasteiger partial charge in [-0.1, -0.05) is 19.1 Å². The summed E-state index contributed by atoms with van der Waals surface area (Å²) in [5, 5.41) is 2.84. The van der Waals surface area contributed by atoms with Gasteiger partial charge in [-0.15, -0.1) is 0 Å². The minimum absolute atomic E-state index is 0.218. The summed E-state index contributed by atoms with van der Waals surface area (Å²) >= 11 is 0. The molecule has 0 radical (unpaired) electrons. The van der Waals surface area contributed by atoms with Crippen molar-refractivity contribution in [2.75, 3.05) is 19.7 Å². The summed E-state index contributed by atoms with van der Waals surface area (Å²) in [6.45, 7) is 9.34. The fourth-order valence-corrected chi connectivity index (χ4v) is 2.65. The third-order valence-electron chi connectivity index (χ3n) is 3.94. The zero-order chi connectivity index (χ0) is 17.1. The Labute approximate surface area is 138 Å². The summed E-state index contributed by atoms with van der Waals surface area (Å²) < 4.78 is 10.8. The van der Waals surface area contributed by atoms with Crippen molar-refractivity contribution in [2.45, 2.75) is 46.1 Å². The number of alkyl carbamates (subject to hydrolysis) is 1. The third kappa shape index (κ3) is 5.13. The predicted octanol–water partition coefficient (Wildman–Crippen LogP) is 2.65. The lowest BCUT2D eigenvalue weighted by Gasteiger charge is -2.29. The molecule has 5 heteroatoms. The van der Waals surface area contributed by atoms with E-state index in [1.807, 2.05) is 26.8 Å².